The van der Waals surface area contributed by atoms with Gasteiger partial charge in [-0.05, 0) is 0 Å². The van der Waals surface area contributed by atoms with Gasteiger partial charge in [0.2, 0.25) is 0 Å². The van der Waals surface area contributed by atoms with Crippen LogP contribution in [0.2, 0.25) is 5.32 Å². The number of ketones is 1. The third-order valence-electron chi connectivity index (χ3n) is 2.75. The summed E-state index contributed by atoms with van der Waals surface area (Å²) in [6.45, 7) is 0. The van der Waals surface area contributed by atoms with E-state index in [0.717, 1.165) is 18.2 Å². The van der Waals surface area contributed by atoms with Crippen LogP contribution in [0, 0.1) is 5.92 Å². The SMILES string of the molecule is O=C(C[Se]c1ccccc1)C[C@@H]1C=CCC1. The van der Waals surface area contributed by atoms with Crippen molar-refractivity contribution >= 4 is 25.2 Å². The van der Waals surface area contributed by atoms with Crippen molar-refractivity contribution in [2.24, 2.45) is 5.92 Å². The second-order valence-electron chi connectivity index (χ2n) is 4.11. The molecular weight excluding hydrogens is 263 g/mol. The summed E-state index contributed by atoms with van der Waals surface area (Å²) in [6.07, 6.45) is 7.48. The van der Waals surface area contributed by atoms with Crippen LogP contribution >= 0.6 is 0 Å². The number of benzene rings is 1. The molecule has 84 valence electrons. The number of hydrogen-bond acceptors (Lipinski definition) is 1. The Kier molecular flexibility index (Phi) is 4.38. The van der Waals surface area contributed by atoms with Crippen molar-refractivity contribution in [3.8, 4) is 0 Å². The molecule has 0 N–H and O–H groups in total. The first kappa shape index (κ1) is 11.6. The molecule has 1 aliphatic carbocycles. The molecule has 1 aromatic carbocycles. The van der Waals surface area contributed by atoms with Crippen LogP contribution < -0.4 is 4.46 Å². The summed E-state index contributed by atoms with van der Waals surface area (Å²) in [4.78, 5) is 11.8. The Morgan fingerprint density at radius 1 is 1.31 bits per heavy atom. The molecule has 1 aromatic rings. The third kappa shape index (κ3) is 3.62. The fraction of sp³-hybridized carbons (Fsp3) is 0.357. The van der Waals surface area contributed by atoms with E-state index in [2.05, 4.69) is 24.3 Å². The summed E-state index contributed by atoms with van der Waals surface area (Å²) in [5.74, 6) is 0.958. The number of carbonyl (C=O) groups is 1. The molecule has 0 bridgehead atoms. The molecule has 0 aliphatic heterocycles. The minimum absolute atomic E-state index is 0.320. The zero-order valence-electron chi connectivity index (χ0n) is 9.26. The number of allylic oxidation sites excluding steroid dienone is 2. The Labute approximate surface area is 103 Å². The average molecular weight is 279 g/mol. The normalized spacial score (nSPS) is 18.9. The number of Topliss-reactive ketones (excluding diaryl/α,β-unsaturated/α-hetero) is 1. The van der Waals surface area contributed by atoms with Crippen LogP contribution in [-0.4, -0.2) is 20.7 Å². The Morgan fingerprint density at radius 2 is 2.12 bits per heavy atom. The van der Waals surface area contributed by atoms with Gasteiger partial charge in [-0.1, -0.05) is 0 Å². The molecule has 16 heavy (non-hydrogen) atoms. The van der Waals surface area contributed by atoms with Crippen LogP contribution in [0.4, 0.5) is 0 Å². The number of hydrogen-bond donors (Lipinski definition) is 0. The molecule has 0 aromatic heterocycles. The predicted molar refractivity (Wildman–Crippen MR) is 68.1 cm³/mol. The molecule has 0 unspecified atom stereocenters. The molecule has 0 spiro atoms. The van der Waals surface area contributed by atoms with Gasteiger partial charge in [0, 0.05) is 0 Å². The van der Waals surface area contributed by atoms with Gasteiger partial charge in [-0.15, -0.1) is 0 Å². The van der Waals surface area contributed by atoms with Crippen LogP contribution in [-0.2, 0) is 4.79 Å². The quantitative estimate of drug-likeness (QED) is 0.597. The topological polar surface area (TPSA) is 17.1 Å². The fourth-order valence-electron chi connectivity index (χ4n) is 1.90. The molecule has 0 fully saturated rings. The molecule has 0 saturated carbocycles. The summed E-state index contributed by atoms with van der Waals surface area (Å²) in [6, 6.07) is 10.3. The molecule has 0 radical (unpaired) electrons. The van der Waals surface area contributed by atoms with E-state index in [1.165, 1.54) is 10.9 Å². The van der Waals surface area contributed by atoms with E-state index in [1.807, 2.05) is 18.2 Å². The zero-order valence-corrected chi connectivity index (χ0v) is 11.0. The van der Waals surface area contributed by atoms with Crippen molar-refractivity contribution in [3.05, 3.63) is 42.5 Å². The second-order valence-corrected chi connectivity index (χ2v) is 6.31. The maximum atomic E-state index is 11.8. The monoisotopic (exact) mass is 280 g/mol. The van der Waals surface area contributed by atoms with E-state index in [4.69, 9.17) is 0 Å². The summed E-state index contributed by atoms with van der Waals surface area (Å²) in [5, 5.41) is 0.751. The van der Waals surface area contributed by atoms with Crippen LogP contribution in [0.15, 0.2) is 42.5 Å². The first-order valence-electron chi connectivity index (χ1n) is 5.71. The summed E-state index contributed by atoms with van der Waals surface area (Å²) in [7, 11) is 0. The van der Waals surface area contributed by atoms with Crippen LogP contribution in [0.3, 0.4) is 0 Å². The van der Waals surface area contributed by atoms with Crippen molar-refractivity contribution in [2.75, 3.05) is 0 Å². The predicted octanol–water partition coefficient (Wildman–Crippen LogP) is 2.36. The molecule has 0 saturated heterocycles. The first-order chi connectivity index (χ1) is 7.84. The average Bonchev–Trinajstić information content (AvgIpc) is 2.81. The molecule has 0 amide bonds. The van der Waals surface area contributed by atoms with Crippen molar-refractivity contribution in [1.29, 1.82) is 0 Å². The van der Waals surface area contributed by atoms with E-state index in [1.54, 1.807) is 0 Å². The van der Waals surface area contributed by atoms with Gasteiger partial charge < -0.3 is 0 Å². The van der Waals surface area contributed by atoms with Gasteiger partial charge in [0.05, 0.1) is 0 Å². The number of rotatable bonds is 5. The fourth-order valence-corrected chi connectivity index (χ4v) is 3.57. The summed E-state index contributed by atoms with van der Waals surface area (Å²) >= 11 is 0.320. The van der Waals surface area contributed by atoms with E-state index in [0.29, 0.717) is 26.7 Å². The first-order valence-corrected chi connectivity index (χ1v) is 7.77. The summed E-state index contributed by atoms with van der Waals surface area (Å²) < 4.78 is 1.32. The van der Waals surface area contributed by atoms with Crippen molar-refractivity contribution < 1.29 is 4.79 Å². The number of carbonyl (C=O) groups excluding carboxylic acids is 1. The molecule has 1 nitrogen and oxygen atoms in total. The van der Waals surface area contributed by atoms with Gasteiger partial charge in [0.1, 0.15) is 0 Å². The molecule has 1 atom stereocenters. The van der Waals surface area contributed by atoms with Crippen LogP contribution in [0.25, 0.3) is 0 Å². The van der Waals surface area contributed by atoms with E-state index in [-0.39, 0.29) is 0 Å². The van der Waals surface area contributed by atoms with Crippen molar-refractivity contribution in [3.63, 3.8) is 0 Å². The molecule has 1 aliphatic rings. The maximum absolute atomic E-state index is 11.8. The van der Waals surface area contributed by atoms with Crippen molar-refractivity contribution in [1.82, 2.24) is 0 Å². The minimum atomic E-state index is 0.320. The second kappa shape index (κ2) is 6.03. The Morgan fingerprint density at radius 3 is 2.81 bits per heavy atom. The zero-order chi connectivity index (χ0) is 11.2. The van der Waals surface area contributed by atoms with Gasteiger partial charge >= 0.3 is 103 Å². The van der Waals surface area contributed by atoms with E-state index < -0.39 is 0 Å². The van der Waals surface area contributed by atoms with Gasteiger partial charge in [-0.3, -0.25) is 0 Å². The molecule has 2 heteroatoms. The van der Waals surface area contributed by atoms with Crippen molar-refractivity contribution in [2.45, 2.75) is 24.6 Å². The van der Waals surface area contributed by atoms with E-state index >= 15 is 0 Å². The molecule has 2 rings (SSSR count). The van der Waals surface area contributed by atoms with Gasteiger partial charge in [-0.2, -0.15) is 0 Å². The molecule has 0 heterocycles. The van der Waals surface area contributed by atoms with Gasteiger partial charge in [0.25, 0.3) is 0 Å². The van der Waals surface area contributed by atoms with Crippen LogP contribution in [0.5, 0.6) is 0 Å². The van der Waals surface area contributed by atoms with Crippen LogP contribution in [0.1, 0.15) is 19.3 Å². The third-order valence-corrected chi connectivity index (χ3v) is 4.99. The van der Waals surface area contributed by atoms with Gasteiger partial charge in [0.15, 0.2) is 0 Å². The standard InChI is InChI=1S/C14H16OSe/c15-13(10-12-6-4-5-7-12)11-16-14-8-2-1-3-9-14/h1-4,6,8-9,12H,5,7,10-11H2/t12-/m1/s1. The molecular formula is C14H16OSe. The Hall–Kier alpha value is -0.851. The summed E-state index contributed by atoms with van der Waals surface area (Å²) in [5.41, 5.74) is 0. The van der Waals surface area contributed by atoms with Gasteiger partial charge in [-0.25, -0.2) is 0 Å². The Bertz CT molecular complexity index is 370. The van der Waals surface area contributed by atoms with E-state index in [9.17, 15) is 4.79 Å². The Balaban J connectivity index is 1.73.